The summed E-state index contributed by atoms with van der Waals surface area (Å²) in [4.78, 5) is 22.2. The molecule has 160 valence electrons. The van der Waals surface area contributed by atoms with Crippen LogP contribution in [-0.4, -0.2) is 60.7 Å². The summed E-state index contributed by atoms with van der Waals surface area (Å²) in [5, 5.41) is 0.714. The maximum Gasteiger partial charge on any atom is 0.254 e. The number of fused-ring (bicyclic) bond motifs is 1. The van der Waals surface area contributed by atoms with Crippen molar-refractivity contribution < 1.29 is 4.79 Å². The maximum absolute atomic E-state index is 12.9. The van der Waals surface area contributed by atoms with Crippen LogP contribution in [0.15, 0.2) is 65.2 Å². The summed E-state index contributed by atoms with van der Waals surface area (Å²) < 4.78 is 0. The number of hydrogen-bond donors (Lipinski definition) is 0. The van der Waals surface area contributed by atoms with E-state index in [4.69, 9.17) is 16.6 Å². The van der Waals surface area contributed by atoms with Crippen LogP contribution in [0.1, 0.15) is 34.3 Å². The minimum absolute atomic E-state index is 0.169. The van der Waals surface area contributed by atoms with Gasteiger partial charge in [-0.1, -0.05) is 41.9 Å². The molecule has 0 aromatic heterocycles. The van der Waals surface area contributed by atoms with Gasteiger partial charge in [0.25, 0.3) is 5.91 Å². The number of nitrogens with zero attached hydrogens (tertiary/aromatic N) is 3. The molecule has 0 aliphatic carbocycles. The number of carbonyl (C=O) groups is 1. The van der Waals surface area contributed by atoms with Crippen molar-refractivity contribution in [2.24, 2.45) is 10.9 Å². The molecule has 31 heavy (non-hydrogen) atoms. The predicted octanol–water partition coefficient (Wildman–Crippen LogP) is 4.48. The molecule has 0 unspecified atom stereocenters. The van der Waals surface area contributed by atoms with Crippen molar-refractivity contribution in [3.63, 3.8) is 0 Å². The number of hydrogen-bond acceptors (Lipinski definition) is 3. The number of carbonyl (C=O) groups excluding carboxylic acids is 1. The van der Waals surface area contributed by atoms with Crippen molar-refractivity contribution >= 4 is 23.2 Å². The Morgan fingerprint density at radius 1 is 1.03 bits per heavy atom. The predicted molar refractivity (Wildman–Crippen MR) is 126 cm³/mol. The fourth-order valence-corrected chi connectivity index (χ4v) is 5.15. The van der Waals surface area contributed by atoms with Crippen LogP contribution in [-0.2, 0) is 6.42 Å². The molecule has 2 aromatic carbocycles. The molecule has 5 rings (SSSR count). The van der Waals surface area contributed by atoms with E-state index in [9.17, 15) is 4.79 Å². The summed E-state index contributed by atoms with van der Waals surface area (Å²) >= 11 is 6.09. The van der Waals surface area contributed by atoms with Crippen molar-refractivity contribution in [3.05, 3.63) is 81.9 Å². The second kappa shape index (κ2) is 8.97. The number of piperidine rings is 1. The number of aliphatic imine (C=N–C) groups is 1. The van der Waals surface area contributed by atoms with Crippen LogP contribution in [0, 0.1) is 5.92 Å². The molecule has 0 bridgehead atoms. The maximum atomic E-state index is 12.9. The van der Waals surface area contributed by atoms with Gasteiger partial charge in [-0.15, -0.1) is 0 Å². The third kappa shape index (κ3) is 4.60. The lowest BCUT2D eigenvalue weighted by atomic mass is 9.93. The average molecular weight is 434 g/mol. The summed E-state index contributed by atoms with van der Waals surface area (Å²) in [6.07, 6.45) is 5.46. The SMILES string of the molecule is O=C1c2ccc(Cl)cc2CCN1CC1CCN(CC2=CC(c3ccccc3)=NC2)CC1. The highest BCUT2D eigenvalue weighted by Gasteiger charge is 2.28. The summed E-state index contributed by atoms with van der Waals surface area (Å²) in [6.45, 7) is 5.69. The number of likely N-dealkylation sites (tertiary alicyclic amines) is 1. The highest BCUT2D eigenvalue weighted by molar-refractivity contribution is 6.30. The largest absolute Gasteiger partial charge is 0.338 e. The Hall–Kier alpha value is -2.43. The van der Waals surface area contributed by atoms with Gasteiger partial charge in [-0.2, -0.15) is 0 Å². The molecular weight excluding hydrogens is 406 g/mol. The van der Waals surface area contributed by atoms with Crippen LogP contribution in [0.25, 0.3) is 0 Å². The number of rotatable bonds is 5. The third-order valence-corrected chi connectivity index (χ3v) is 6.95. The molecule has 4 nitrogen and oxygen atoms in total. The van der Waals surface area contributed by atoms with Crippen molar-refractivity contribution in [2.45, 2.75) is 19.3 Å². The van der Waals surface area contributed by atoms with E-state index in [0.29, 0.717) is 10.9 Å². The Morgan fingerprint density at radius 2 is 1.84 bits per heavy atom. The Morgan fingerprint density at radius 3 is 2.65 bits per heavy atom. The van der Waals surface area contributed by atoms with Crippen molar-refractivity contribution in [3.8, 4) is 0 Å². The first-order chi connectivity index (χ1) is 15.2. The van der Waals surface area contributed by atoms with Gasteiger partial charge < -0.3 is 4.90 Å². The molecule has 0 spiro atoms. The van der Waals surface area contributed by atoms with E-state index in [-0.39, 0.29) is 5.91 Å². The van der Waals surface area contributed by atoms with Gasteiger partial charge in [0.1, 0.15) is 0 Å². The highest BCUT2D eigenvalue weighted by Crippen LogP contribution is 2.26. The lowest BCUT2D eigenvalue weighted by Crippen LogP contribution is -2.44. The van der Waals surface area contributed by atoms with Crippen molar-refractivity contribution in [1.29, 1.82) is 0 Å². The first-order valence-corrected chi connectivity index (χ1v) is 11.6. The monoisotopic (exact) mass is 433 g/mol. The zero-order valence-electron chi connectivity index (χ0n) is 17.8. The first kappa shape index (κ1) is 20.5. The Labute approximate surface area is 189 Å². The number of allylic oxidation sites excluding steroid dienone is 1. The molecule has 1 amide bonds. The van der Waals surface area contributed by atoms with Crippen molar-refractivity contribution in [1.82, 2.24) is 9.80 Å². The van der Waals surface area contributed by atoms with Gasteiger partial charge in [-0.25, -0.2) is 0 Å². The lowest BCUT2D eigenvalue weighted by molar-refractivity contribution is 0.0676. The van der Waals surface area contributed by atoms with Crippen LogP contribution in [0.2, 0.25) is 5.02 Å². The fourth-order valence-electron chi connectivity index (χ4n) is 4.96. The molecule has 0 radical (unpaired) electrons. The number of halogens is 1. The second-order valence-corrected chi connectivity index (χ2v) is 9.33. The lowest BCUT2D eigenvalue weighted by Gasteiger charge is -2.36. The van der Waals surface area contributed by atoms with E-state index in [1.807, 2.05) is 24.3 Å². The molecule has 1 saturated heterocycles. The normalized spacial score (nSPS) is 19.9. The molecule has 0 saturated carbocycles. The zero-order chi connectivity index (χ0) is 21.2. The topological polar surface area (TPSA) is 35.9 Å². The van der Waals surface area contributed by atoms with Crippen LogP contribution in [0.4, 0.5) is 0 Å². The van der Waals surface area contributed by atoms with Gasteiger partial charge in [-0.3, -0.25) is 14.7 Å². The molecular formula is C26H28ClN3O. The molecule has 1 fully saturated rings. The molecule has 5 heteroatoms. The quantitative estimate of drug-likeness (QED) is 0.697. The molecule has 0 atom stereocenters. The minimum Gasteiger partial charge on any atom is -0.338 e. The fraction of sp³-hybridized carbons (Fsp3) is 0.385. The van der Waals surface area contributed by atoms with Gasteiger partial charge in [-0.05, 0) is 79.2 Å². The second-order valence-electron chi connectivity index (χ2n) is 8.89. The summed E-state index contributed by atoms with van der Waals surface area (Å²) in [5.41, 5.74) is 5.63. The standard InChI is InChI=1S/C26H28ClN3O/c27-23-6-7-24-22(15-23)10-13-30(26(24)31)18-19-8-11-29(12-9-19)17-20-14-25(28-16-20)21-4-2-1-3-5-21/h1-7,14-15,19H,8-13,16-18H2. The van der Waals surface area contributed by atoms with Gasteiger partial charge in [0.15, 0.2) is 0 Å². The van der Waals surface area contributed by atoms with Crippen molar-refractivity contribution in [2.75, 3.05) is 39.3 Å². The first-order valence-electron chi connectivity index (χ1n) is 11.2. The van der Waals surface area contributed by atoms with E-state index in [1.165, 1.54) is 11.1 Å². The van der Waals surface area contributed by atoms with Crippen LogP contribution < -0.4 is 0 Å². The van der Waals surface area contributed by atoms with Crippen LogP contribution >= 0.6 is 11.6 Å². The van der Waals surface area contributed by atoms with Gasteiger partial charge in [0.2, 0.25) is 0 Å². The Bertz CT molecular complexity index is 1020. The minimum atomic E-state index is 0.169. The third-order valence-electron chi connectivity index (χ3n) is 6.71. The smallest absolute Gasteiger partial charge is 0.254 e. The number of benzene rings is 2. The molecule has 2 aromatic rings. The van der Waals surface area contributed by atoms with E-state index < -0.39 is 0 Å². The molecule has 3 aliphatic heterocycles. The molecule has 3 heterocycles. The average Bonchev–Trinajstić information content (AvgIpc) is 3.26. The highest BCUT2D eigenvalue weighted by atomic mass is 35.5. The Balaban J connectivity index is 1.12. The van der Waals surface area contributed by atoms with E-state index in [0.717, 1.165) is 75.4 Å². The van der Waals surface area contributed by atoms with Crippen LogP contribution in [0.3, 0.4) is 0 Å². The summed E-state index contributed by atoms with van der Waals surface area (Å²) in [7, 11) is 0. The van der Waals surface area contributed by atoms with E-state index in [2.05, 4.69) is 40.1 Å². The molecule has 3 aliphatic rings. The molecule has 0 N–H and O–H groups in total. The Kier molecular flexibility index (Phi) is 5.93. The summed E-state index contributed by atoms with van der Waals surface area (Å²) in [5.74, 6) is 0.754. The zero-order valence-corrected chi connectivity index (χ0v) is 18.5. The number of amides is 1. The van der Waals surface area contributed by atoms with Gasteiger partial charge >= 0.3 is 0 Å². The van der Waals surface area contributed by atoms with Crippen LogP contribution in [0.5, 0.6) is 0 Å². The van der Waals surface area contributed by atoms with E-state index >= 15 is 0 Å². The van der Waals surface area contributed by atoms with E-state index in [1.54, 1.807) is 0 Å². The summed E-state index contributed by atoms with van der Waals surface area (Å²) in [6, 6.07) is 16.1. The van der Waals surface area contributed by atoms with Gasteiger partial charge in [0.05, 0.1) is 12.3 Å². The van der Waals surface area contributed by atoms with Gasteiger partial charge in [0, 0.05) is 30.2 Å².